The predicted octanol–water partition coefficient (Wildman–Crippen LogP) is 2.92. The largest absolute Gasteiger partial charge is 0.504 e. The second-order valence-electron chi connectivity index (χ2n) is 2.55. The van der Waals surface area contributed by atoms with Crippen molar-refractivity contribution in [1.82, 2.24) is 0 Å². The van der Waals surface area contributed by atoms with Crippen molar-refractivity contribution in [1.29, 1.82) is 0 Å². The van der Waals surface area contributed by atoms with Gasteiger partial charge in [-0.15, -0.1) is 0 Å². The van der Waals surface area contributed by atoms with E-state index < -0.39 is 0 Å². The van der Waals surface area contributed by atoms with Crippen molar-refractivity contribution in [3.8, 4) is 11.5 Å². The summed E-state index contributed by atoms with van der Waals surface area (Å²) >= 11 is 7.58. The molecule has 2 nitrogen and oxygen atoms in total. The molecule has 0 radical (unpaired) electrons. The standard InChI is InChI=1S/C9H11ClO2S/c1-12-9-3-6(5-13-2)7(10)4-8(9)11/h3-4,11H,5H2,1-2H3. The second kappa shape index (κ2) is 4.63. The minimum Gasteiger partial charge on any atom is -0.504 e. The first kappa shape index (κ1) is 10.5. The Morgan fingerprint density at radius 3 is 2.77 bits per heavy atom. The van der Waals surface area contributed by atoms with Gasteiger partial charge in [-0.25, -0.2) is 0 Å². The third kappa shape index (κ3) is 2.45. The fourth-order valence-corrected chi connectivity index (χ4v) is 1.87. The number of ether oxygens (including phenoxy) is 1. The zero-order chi connectivity index (χ0) is 9.84. The van der Waals surface area contributed by atoms with Crippen molar-refractivity contribution >= 4 is 23.4 Å². The van der Waals surface area contributed by atoms with Gasteiger partial charge in [-0.2, -0.15) is 11.8 Å². The normalized spacial score (nSPS) is 10.1. The highest BCUT2D eigenvalue weighted by molar-refractivity contribution is 7.97. The molecule has 72 valence electrons. The highest BCUT2D eigenvalue weighted by Crippen LogP contribution is 2.33. The third-order valence-corrected chi connectivity index (χ3v) is 2.60. The van der Waals surface area contributed by atoms with Crippen molar-refractivity contribution in [2.24, 2.45) is 0 Å². The molecule has 1 aromatic rings. The Bertz CT molecular complexity index is 302. The number of hydrogen-bond donors (Lipinski definition) is 1. The van der Waals surface area contributed by atoms with E-state index in [9.17, 15) is 5.11 Å². The monoisotopic (exact) mass is 218 g/mol. The van der Waals surface area contributed by atoms with Crippen LogP contribution >= 0.6 is 23.4 Å². The van der Waals surface area contributed by atoms with Crippen LogP contribution in [0.4, 0.5) is 0 Å². The third-order valence-electron chi connectivity index (χ3n) is 1.65. The molecule has 0 heterocycles. The van der Waals surface area contributed by atoms with Crippen molar-refractivity contribution in [2.45, 2.75) is 5.75 Å². The number of phenolic OH excluding ortho intramolecular Hbond substituents is 1. The maximum Gasteiger partial charge on any atom is 0.160 e. The average molecular weight is 219 g/mol. The summed E-state index contributed by atoms with van der Waals surface area (Å²) < 4.78 is 4.97. The number of thioether (sulfide) groups is 1. The lowest BCUT2D eigenvalue weighted by Gasteiger charge is -2.07. The van der Waals surface area contributed by atoms with E-state index in [4.69, 9.17) is 16.3 Å². The molecule has 1 N–H and O–H groups in total. The van der Waals surface area contributed by atoms with Crippen LogP contribution in [0, 0.1) is 0 Å². The molecule has 0 aliphatic carbocycles. The van der Waals surface area contributed by atoms with Gasteiger partial charge in [-0.1, -0.05) is 11.6 Å². The van der Waals surface area contributed by atoms with Gasteiger partial charge >= 0.3 is 0 Å². The molecule has 1 aromatic carbocycles. The fraction of sp³-hybridized carbons (Fsp3) is 0.333. The SMILES string of the molecule is COc1cc(CSC)c(Cl)cc1O. The van der Waals surface area contributed by atoms with Gasteiger partial charge in [0.1, 0.15) is 0 Å². The van der Waals surface area contributed by atoms with E-state index >= 15 is 0 Å². The summed E-state index contributed by atoms with van der Waals surface area (Å²) in [5.41, 5.74) is 0.976. The van der Waals surface area contributed by atoms with Gasteiger partial charge in [0.2, 0.25) is 0 Å². The van der Waals surface area contributed by atoms with Gasteiger partial charge in [0.25, 0.3) is 0 Å². The molecule has 0 aromatic heterocycles. The smallest absolute Gasteiger partial charge is 0.160 e. The molecule has 13 heavy (non-hydrogen) atoms. The maximum absolute atomic E-state index is 9.37. The van der Waals surface area contributed by atoms with Crippen molar-refractivity contribution < 1.29 is 9.84 Å². The summed E-state index contributed by atoms with van der Waals surface area (Å²) in [6.07, 6.45) is 2.00. The Morgan fingerprint density at radius 1 is 1.54 bits per heavy atom. The van der Waals surface area contributed by atoms with E-state index in [2.05, 4.69) is 0 Å². The van der Waals surface area contributed by atoms with Gasteiger partial charge in [0.15, 0.2) is 11.5 Å². The highest BCUT2D eigenvalue weighted by atomic mass is 35.5. The Morgan fingerprint density at radius 2 is 2.23 bits per heavy atom. The molecule has 0 aliphatic heterocycles. The minimum atomic E-state index is 0.0809. The van der Waals surface area contributed by atoms with Gasteiger partial charge in [-0.3, -0.25) is 0 Å². The van der Waals surface area contributed by atoms with Gasteiger partial charge in [-0.05, 0) is 17.9 Å². The lowest BCUT2D eigenvalue weighted by Crippen LogP contribution is -1.88. The number of aromatic hydroxyl groups is 1. The quantitative estimate of drug-likeness (QED) is 0.846. The average Bonchev–Trinajstić information content (AvgIpc) is 2.10. The van der Waals surface area contributed by atoms with Crippen LogP contribution in [0.5, 0.6) is 11.5 Å². The lowest BCUT2D eigenvalue weighted by molar-refractivity contribution is 0.373. The molecule has 0 spiro atoms. The second-order valence-corrected chi connectivity index (χ2v) is 3.82. The molecule has 0 saturated carbocycles. The molecular formula is C9H11ClO2S. The van der Waals surface area contributed by atoms with Crippen molar-refractivity contribution in [2.75, 3.05) is 13.4 Å². The van der Waals surface area contributed by atoms with Crippen LogP contribution in [0.3, 0.4) is 0 Å². The summed E-state index contributed by atoms with van der Waals surface area (Å²) in [5, 5.41) is 9.94. The number of rotatable bonds is 3. The summed E-state index contributed by atoms with van der Waals surface area (Å²) in [4.78, 5) is 0. The van der Waals surface area contributed by atoms with Gasteiger partial charge in [0, 0.05) is 16.8 Å². The van der Waals surface area contributed by atoms with E-state index in [-0.39, 0.29) is 5.75 Å². The predicted molar refractivity (Wildman–Crippen MR) is 56.9 cm³/mol. The Hall–Kier alpha value is -0.540. The molecule has 0 bridgehead atoms. The van der Waals surface area contributed by atoms with E-state index in [1.807, 2.05) is 6.26 Å². The lowest BCUT2D eigenvalue weighted by atomic mass is 10.2. The van der Waals surface area contributed by atoms with E-state index in [0.29, 0.717) is 10.8 Å². The van der Waals surface area contributed by atoms with Crippen LogP contribution in [-0.4, -0.2) is 18.5 Å². The fourth-order valence-electron chi connectivity index (χ4n) is 1.01. The molecule has 0 atom stereocenters. The molecule has 0 amide bonds. The molecule has 0 saturated heterocycles. The summed E-state index contributed by atoms with van der Waals surface area (Å²) in [7, 11) is 1.52. The van der Waals surface area contributed by atoms with Crippen molar-refractivity contribution in [3.05, 3.63) is 22.7 Å². The number of hydrogen-bond acceptors (Lipinski definition) is 3. The molecule has 0 aliphatic rings. The van der Waals surface area contributed by atoms with Crippen LogP contribution in [-0.2, 0) is 5.75 Å². The topological polar surface area (TPSA) is 29.5 Å². The Labute approximate surface area is 86.9 Å². The summed E-state index contributed by atoms with van der Waals surface area (Å²) in [6, 6.07) is 3.26. The Kier molecular flexibility index (Phi) is 3.75. The van der Waals surface area contributed by atoms with Crippen LogP contribution < -0.4 is 4.74 Å². The summed E-state index contributed by atoms with van der Waals surface area (Å²) in [5.74, 6) is 1.36. The van der Waals surface area contributed by atoms with Crippen LogP contribution in [0.15, 0.2) is 12.1 Å². The van der Waals surface area contributed by atoms with Gasteiger partial charge < -0.3 is 9.84 Å². The highest BCUT2D eigenvalue weighted by Gasteiger charge is 2.07. The van der Waals surface area contributed by atoms with E-state index in [0.717, 1.165) is 11.3 Å². The van der Waals surface area contributed by atoms with E-state index in [1.54, 1.807) is 17.8 Å². The molecular weight excluding hydrogens is 208 g/mol. The zero-order valence-corrected chi connectivity index (χ0v) is 9.08. The van der Waals surface area contributed by atoms with Crippen molar-refractivity contribution in [3.63, 3.8) is 0 Å². The molecule has 0 unspecified atom stereocenters. The van der Waals surface area contributed by atoms with Crippen LogP contribution in [0.25, 0.3) is 0 Å². The van der Waals surface area contributed by atoms with Crippen LogP contribution in [0.1, 0.15) is 5.56 Å². The Balaban J connectivity index is 3.06. The first-order chi connectivity index (χ1) is 6.19. The first-order valence-electron chi connectivity index (χ1n) is 3.73. The minimum absolute atomic E-state index is 0.0809. The van der Waals surface area contributed by atoms with E-state index in [1.165, 1.54) is 13.2 Å². The molecule has 4 heteroatoms. The zero-order valence-electron chi connectivity index (χ0n) is 7.50. The first-order valence-corrected chi connectivity index (χ1v) is 5.50. The number of benzene rings is 1. The number of methoxy groups -OCH3 is 1. The summed E-state index contributed by atoms with van der Waals surface area (Å²) in [6.45, 7) is 0. The molecule has 1 rings (SSSR count). The maximum atomic E-state index is 9.37. The number of halogens is 1. The van der Waals surface area contributed by atoms with Gasteiger partial charge in [0.05, 0.1) is 7.11 Å². The molecule has 0 fully saturated rings. The number of phenols is 1. The van der Waals surface area contributed by atoms with Crippen LogP contribution in [0.2, 0.25) is 5.02 Å².